The molecule has 0 atom stereocenters. The average Bonchev–Trinajstić information content (AvgIpc) is 3.27. The Labute approximate surface area is 152 Å². The van der Waals surface area contributed by atoms with Gasteiger partial charge >= 0.3 is 5.00 Å². The van der Waals surface area contributed by atoms with Crippen molar-refractivity contribution in [3.8, 4) is 10.4 Å². The number of rotatable bonds is 4. The van der Waals surface area contributed by atoms with Crippen LogP contribution in [-0.2, 0) is 10.0 Å². The van der Waals surface area contributed by atoms with E-state index in [1.54, 1.807) is 36.4 Å². The van der Waals surface area contributed by atoms with Crippen molar-refractivity contribution < 1.29 is 13.3 Å². The molecule has 0 unspecified atom stereocenters. The van der Waals surface area contributed by atoms with Gasteiger partial charge in [0.2, 0.25) is 0 Å². The molecule has 0 aliphatic rings. The van der Waals surface area contributed by atoms with Gasteiger partial charge in [-0.25, -0.2) is 17.4 Å². The highest BCUT2D eigenvalue weighted by molar-refractivity contribution is 7.90. The number of benzene rings is 1. The average molecular weight is 385 g/mol. The summed E-state index contributed by atoms with van der Waals surface area (Å²) in [6, 6.07) is 14.5. The first-order chi connectivity index (χ1) is 12.5. The SMILES string of the molecule is O=[N+]([O-])c1ccc(-c2cn(S(=O)(=O)c3ccccc3)c3ncccc23)s1. The van der Waals surface area contributed by atoms with Crippen LogP contribution >= 0.6 is 11.3 Å². The molecule has 0 radical (unpaired) electrons. The summed E-state index contributed by atoms with van der Waals surface area (Å²) >= 11 is 0.994. The monoisotopic (exact) mass is 385 g/mol. The van der Waals surface area contributed by atoms with Crippen molar-refractivity contribution in [1.29, 1.82) is 0 Å². The highest BCUT2D eigenvalue weighted by Gasteiger charge is 2.23. The third kappa shape index (κ3) is 2.57. The van der Waals surface area contributed by atoms with Crippen LogP contribution in [0.15, 0.2) is 71.9 Å². The van der Waals surface area contributed by atoms with E-state index in [9.17, 15) is 18.5 Å². The maximum Gasteiger partial charge on any atom is 0.324 e. The fourth-order valence-electron chi connectivity index (χ4n) is 2.69. The molecule has 3 aromatic heterocycles. The maximum atomic E-state index is 13.0. The summed E-state index contributed by atoms with van der Waals surface area (Å²) in [6.07, 6.45) is 2.98. The van der Waals surface area contributed by atoms with Crippen LogP contribution in [0.25, 0.3) is 21.5 Å². The van der Waals surface area contributed by atoms with E-state index in [0.717, 1.165) is 15.3 Å². The van der Waals surface area contributed by atoms with Gasteiger partial charge in [0.05, 0.1) is 9.82 Å². The molecule has 26 heavy (non-hydrogen) atoms. The molecule has 0 N–H and O–H groups in total. The van der Waals surface area contributed by atoms with Gasteiger partial charge in [-0.2, -0.15) is 0 Å². The Hall–Kier alpha value is -3.04. The lowest BCUT2D eigenvalue weighted by atomic mass is 10.2. The Bertz CT molecular complexity index is 1230. The standard InChI is InChI=1S/C17H11N3O4S2/c21-20(22)16-9-8-15(25-16)14-11-19(17-13(14)7-4-10-18-17)26(23,24)12-5-2-1-3-6-12/h1-11H. The van der Waals surface area contributed by atoms with Gasteiger partial charge < -0.3 is 0 Å². The summed E-state index contributed by atoms with van der Waals surface area (Å²) in [4.78, 5) is 15.5. The Morgan fingerprint density at radius 1 is 1.04 bits per heavy atom. The number of hydrogen-bond acceptors (Lipinski definition) is 6. The molecule has 0 fully saturated rings. The Morgan fingerprint density at radius 2 is 1.81 bits per heavy atom. The molecule has 4 rings (SSSR count). The van der Waals surface area contributed by atoms with E-state index >= 15 is 0 Å². The summed E-state index contributed by atoms with van der Waals surface area (Å²) in [5.74, 6) is 0. The molecule has 0 spiro atoms. The molecule has 7 nitrogen and oxygen atoms in total. The normalized spacial score (nSPS) is 11.7. The van der Waals surface area contributed by atoms with Gasteiger partial charge in [0.1, 0.15) is 0 Å². The zero-order chi connectivity index (χ0) is 18.3. The zero-order valence-corrected chi connectivity index (χ0v) is 14.8. The summed E-state index contributed by atoms with van der Waals surface area (Å²) in [5.41, 5.74) is 0.869. The van der Waals surface area contributed by atoms with Crippen molar-refractivity contribution in [3.05, 3.63) is 77.1 Å². The molecule has 0 bridgehead atoms. The molecule has 0 amide bonds. The molecule has 4 aromatic rings. The number of nitro groups is 1. The van der Waals surface area contributed by atoms with Gasteiger partial charge in [0, 0.05) is 34.3 Å². The van der Waals surface area contributed by atoms with Gasteiger partial charge in [-0.05, 0) is 30.3 Å². The lowest BCUT2D eigenvalue weighted by Gasteiger charge is -2.06. The van der Waals surface area contributed by atoms with E-state index < -0.39 is 14.9 Å². The van der Waals surface area contributed by atoms with Gasteiger partial charge in [0.15, 0.2) is 5.65 Å². The second-order valence-corrected chi connectivity index (χ2v) is 8.30. The van der Waals surface area contributed by atoms with Crippen LogP contribution in [-0.4, -0.2) is 22.3 Å². The van der Waals surface area contributed by atoms with E-state index in [4.69, 9.17) is 0 Å². The molecule has 9 heteroatoms. The van der Waals surface area contributed by atoms with Crippen molar-refractivity contribution in [3.63, 3.8) is 0 Å². The minimum Gasteiger partial charge on any atom is -0.258 e. The van der Waals surface area contributed by atoms with Crippen LogP contribution in [0, 0.1) is 10.1 Å². The van der Waals surface area contributed by atoms with Gasteiger partial charge in [-0.1, -0.05) is 29.5 Å². The summed E-state index contributed by atoms with van der Waals surface area (Å²) in [6.45, 7) is 0. The van der Waals surface area contributed by atoms with Crippen molar-refractivity contribution in [1.82, 2.24) is 8.96 Å². The predicted octanol–water partition coefficient (Wildman–Crippen LogP) is 3.91. The van der Waals surface area contributed by atoms with Gasteiger partial charge in [0.25, 0.3) is 10.0 Å². The van der Waals surface area contributed by atoms with Crippen molar-refractivity contribution in [2.45, 2.75) is 4.90 Å². The van der Waals surface area contributed by atoms with E-state index in [-0.39, 0.29) is 15.5 Å². The third-order valence-corrected chi connectivity index (χ3v) is 6.60. The molecule has 3 heterocycles. The number of fused-ring (bicyclic) bond motifs is 1. The topological polar surface area (TPSA) is 95.1 Å². The van der Waals surface area contributed by atoms with Gasteiger partial charge in [-0.3, -0.25) is 10.1 Å². The zero-order valence-electron chi connectivity index (χ0n) is 13.1. The fourth-order valence-corrected chi connectivity index (χ4v) is 4.88. The largest absolute Gasteiger partial charge is 0.324 e. The molecule has 0 saturated heterocycles. The van der Waals surface area contributed by atoms with E-state index in [0.29, 0.717) is 15.8 Å². The number of thiophene rings is 1. The second kappa shape index (κ2) is 6.04. The number of nitrogens with zero attached hydrogens (tertiary/aromatic N) is 3. The van der Waals surface area contributed by atoms with Gasteiger partial charge in [-0.15, -0.1) is 0 Å². The predicted molar refractivity (Wildman–Crippen MR) is 98.7 cm³/mol. The number of aromatic nitrogens is 2. The smallest absolute Gasteiger partial charge is 0.258 e. The highest BCUT2D eigenvalue weighted by atomic mass is 32.2. The van der Waals surface area contributed by atoms with E-state index in [1.165, 1.54) is 30.6 Å². The van der Waals surface area contributed by atoms with E-state index in [1.807, 2.05) is 0 Å². The molecular formula is C17H11N3O4S2. The van der Waals surface area contributed by atoms with E-state index in [2.05, 4.69) is 4.98 Å². The quantitative estimate of drug-likeness (QED) is 0.392. The first-order valence-corrected chi connectivity index (χ1v) is 9.75. The molecule has 0 saturated carbocycles. The maximum absolute atomic E-state index is 13.0. The lowest BCUT2D eigenvalue weighted by molar-refractivity contribution is -0.380. The molecule has 130 valence electrons. The summed E-state index contributed by atoms with van der Waals surface area (Å²) in [5, 5.41) is 11.6. The number of pyridine rings is 1. The highest BCUT2D eigenvalue weighted by Crippen LogP contribution is 2.38. The molecule has 0 aliphatic heterocycles. The fraction of sp³-hybridized carbons (Fsp3) is 0. The molecule has 1 aromatic carbocycles. The van der Waals surface area contributed by atoms with Crippen LogP contribution in [0.2, 0.25) is 0 Å². The van der Waals surface area contributed by atoms with Crippen molar-refractivity contribution >= 4 is 37.4 Å². The summed E-state index contributed by atoms with van der Waals surface area (Å²) in [7, 11) is -3.84. The lowest BCUT2D eigenvalue weighted by Crippen LogP contribution is -2.12. The Balaban J connectivity index is 1.96. The second-order valence-electron chi connectivity index (χ2n) is 5.43. The van der Waals surface area contributed by atoms with Crippen LogP contribution in [0.4, 0.5) is 5.00 Å². The van der Waals surface area contributed by atoms with Crippen molar-refractivity contribution in [2.24, 2.45) is 0 Å². The molecule has 0 aliphatic carbocycles. The minimum absolute atomic E-state index is 0.00398. The first-order valence-electron chi connectivity index (χ1n) is 7.50. The van der Waals surface area contributed by atoms with Crippen LogP contribution in [0.5, 0.6) is 0 Å². The van der Waals surface area contributed by atoms with Crippen LogP contribution < -0.4 is 0 Å². The van der Waals surface area contributed by atoms with Crippen LogP contribution in [0.1, 0.15) is 0 Å². The third-order valence-electron chi connectivity index (χ3n) is 3.87. The number of hydrogen-bond donors (Lipinski definition) is 0. The molecular weight excluding hydrogens is 374 g/mol. The van der Waals surface area contributed by atoms with Crippen LogP contribution in [0.3, 0.4) is 0 Å². The summed E-state index contributed by atoms with van der Waals surface area (Å²) < 4.78 is 27.2. The first kappa shape index (κ1) is 16.4. The Kier molecular flexibility index (Phi) is 3.82. The van der Waals surface area contributed by atoms with Crippen molar-refractivity contribution in [2.75, 3.05) is 0 Å². The Morgan fingerprint density at radius 3 is 2.50 bits per heavy atom. The minimum atomic E-state index is -3.84.